The molecule has 0 saturated carbocycles. The third-order valence-electron chi connectivity index (χ3n) is 2.00. The lowest BCUT2D eigenvalue weighted by Gasteiger charge is -2.06. The number of nitrogens with two attached hydrogens (primary N) is 1. The summed E-state index contributed by atoms with van der Waals surface area (Å²) in [6.07, 6.45) is 1.17. The van der Waals surface area contributed by atoms with E-state index in [1.54, 1.807) is 7.11 Å². The van der Waals surface area contributed by atoms with Crippen LogP contribution in [0.4, 0.5) is 0 Å². The van der Waals surface area contributed by atoms with Crippen molar-refractivity contribution in [3.63, 3.8) is 0 Å². The smallest absolute Gasteiger partial charge is 0.0503 e. The highest BCUT2D eigenvalue weighted by molar-refractivity contribution is 4.81. The minimum Gasteiger partial charge on any atom is -0.384 e. The van der Waals surface area contributed by atoms with Crippen molar-refractivity contribution in [2.45, 2.75) is 12.5 Å². The Labute approximate surface area is 61.9 Å². The van der Waals surface area contributed by atoms with Crippen LogP contribution in [0.3, 0.4) is 0 Å². The molecule has 0 aromatic rings. The third-order valence-corrected chi connectivity index (χ3v) is 2.00. The first-order valence-corrected chi connectivity index (χ1v) is 3.79. The maximum absolute atomic E-state index is 5.49. The van der Waals surface area contributed by atoms with E-state index in [1.165, 1.54) is 6.42 Å². The molecular formula is C7H16N2O. The summed E-state index contributed by atoms with van der Waals surface area (Å²) in [6.45, 7) is 2.68. The molecule has 60 valence electrons. The normalized spacial score (nSPS) is 33.0. The van der Waals surface area contributed by atoms with Crippen LogP contribution < -0.4 is 11.1 Å². The van der Waals surface area contributed by atoms with E-state index in [9.17, 15) is 0 Å². The molecule has 1 fully saturated rings. The highest BCUT2D eigenvalue weighted by atomic mass is 16.5. The van der Waals surface area contributed by atoms with Crippen LogP contribution in [0, 0.1) is 5.92 Å². The summed E-state index contributed by atoms with van der Waals surface area (Å²) >= 11 is 0. The summed E-state index contributed by atoms with van der Waals surface area (Å²) in [5.74, 6) is 0.679. The van der Waals surface area contributed by atoms with Gasteiger partial charge in [0, 0.05) is 26.2 Å². The van der Waals surface area contributed by atoms with Gasteiger partial charge in [0.05, 0.1) is 6.61 Å². The van der Waals surface area contributed by atoms with Crippen LogP contribution >= 0.6 is 0 Å². The van der Waals surface area contributed by atoms with Crippen LogP contribution in [0.5, 0.6) is 0 Å². The number of rotatable bonds is 3. The second-order valence-electron chi connectivity index (χ2n) is 2.90. The van der Waals surface area contributed by atoms with Gasteiger partial charge in [0.15, 0.2) is 0 Å². The van der Waals surface area contributed by atoms with Gasteiger partial charge in [-0.2, -0.15) is 0 Å². The number of hydrogen-bond acceptors (Lipinski definition) is 3. The van der Waals surface area contributed by atoms with Gasteiger partial charge in [-0.05, 0) is 12.3 Å². The van der Waals surface area contributed by atoms with E-state index < -0.39 is 0 Å². The lowest BCUT2D eigenvalue weighted by atomic mass is 10.1. The molecule has 0 aliphatic carbocycles. The van der Waals surface area contributed by atoms with Gasteiger partial charge in [-0.3, -0.25) is 0 Å². The van der Waals surface area contributed by atoms with Gasteiger partial charge < -0.3 is 15.8 Å². The van der Waals surface area contributed by atoms with Crippen LogP contribution in [0.2, 0.25) is 0 Å². The molecule has 10 heavy (non-hydrogen) atoms. The second kappa shape index (κ2) is 3.91. The van der Waals surface area contributed by atoms with E-state index in [0.29, 0.717) is 12.0 Å². The van der Waals surface area contributed by atoms with Gasteiger partial charge in [0.1, 0.15) is 0 Å². The van der Waals surface area contributed by atoms with Gasteiger partial charge in [-0.25, -0.2) is 0 Å². The van der Waals surface area contributed by atoms with E-state index in [-0.39, 0.29) is 0 Å². The summed E-state index contributed by atoms with van der Waals surface area (Å²) < 4.78 is 5.04. The molecule has 2 unspecified atom stereocenters. The first kappa shape index (κ1) is 7.98. The molecule has 1 aliphatic rings. The summed E-state index contributed by atoms with van der Waals surface area (Å²) in [7, 11) is 1.75. The van der Waals surface area contributed by atoms with Crippen LogP contribution in [-0.4, -0.2) is 32.8 Å². The Kier molecular flexibility index (Phi) is 3.12. The van der Waals surface area contributed by atoms with Crippen LogP contribution in [0.15, 0.2) is 0 Å². The Hall–Kier alpha value is -0.120. The van der Waals surface area contributed by atoms with Gasteiger partial charge in [-0.1, -0.05) is 0 Å². The van der Waals surface area contributed by atoms with Crippen molar-refractivity contribution in [2.24, 2.45) is 11.7 Å². The van der Waals surface area contributed by atoms with Crippen molar-refractivity contribution in [3.8, 4) is 0 Å². The predicted octanol–water partition coefficient (Wildman–Crippen LogP) is -0.430. The topological polar surface area (TPSA) is 47.3 Å². The van der Waals surface area contributed by atoms with Crippen LogP contribution in [0.25, 0.3) is 0 Å². The largest absolute Gasteiger partial charge is 0.384 e. The lowest BCUT2D eigenvalue weighted by molar-refractivity contribution is 0.159. The first-order chi connectivity index (χ1) is 4.86. The highest BCUT2D eigenvalue weighted by Crippen LogP contribution is 2.12. The first-order valence-electron chi connectivity index (χ1n) is 3.79. The summed E-state index contributed by atoms with van der Waals surface area (Å²) in [5.41, 5.74) is 5.49. The number of ether oxygens (including phenoxy) is 1. The van der Waals surface area contributed by atoms with Crippen LogP contribution in [-0.2, 0) is 4.74 Å². The molecule has 2 atom stereocenters. The minimum absolute atomic E-state index is 0.528. The van der Waals surface area contributed by atoms with Crippen molar-refractivity contribution in [1.29, 1.82) is 0 Å². The Bertz CT molecular complexity index is 97.6. The number of nitrogens with one attached hydrogen (secondary N) is 1. The zero-order valence-electron chi connectivity index (χ0n) is 6.47. The molecule has 0 aromatic carbocycles. The van der Waals surface area contributed by atoms with E-state index in [4.69, 9.17) is 10.5 Å². The fourth-order valence-electron chi connectivity index (χ4n) is 1.44. The van der Waals surface area contributed by atoms with E-state index in [0.717, 1.165) is 19.7 Å². The highest BCUT2D eigenvalue weighted by Gasteiger charge is 2.21. The molecule has 3 nitrogen and oxygen atoms in total. The Morgan fingerprint density at radius 1 is 1.70 bits per heavy atom. The zero-order chi connectivity index (χ0) is 7.40. The molecular weight excluding hydrogens is 128 g/mol. The quantitative estimate of drug-likeness (QED) is 0.565. The molecule has 0 bridgehead atoms. The molecule has 3 heteroatoms. The molecule has 1 aliphatic heterocycles. The lowest BCUT2D eigenvalue weighted by Crippen LogP contribution is -2.29. The third kappa shape index (κ3) is 1.94. The molecule has 0 spiro atoms. The Morgan fingerprint density at radius 3 is 3.00 bits per heavy atom. The van der Waals surface area contributed by atoms with Gasteiger partial charge >= 0.3 is 0 Å². The SMILES string of the molecule is COCC1CNC(CN)C1. The number of hydrogen-bond donors (Lipinski definition) is 2. The Morgan fingerprint density at radius 2 is 2.50 bits per heavy atom. The van der Waals surface area contributed by atoms with Gasteiger partial charge in [0.25, 0.3) is 0 Å². The van der Waals surface area contributed by atoms with Gasteiger partial charge in [0.2, 0.25) is 0 Å². The predicted molar refractivity (Wildman–Crippen MR) is 40.8 cm³/mol. The molecule has 3 N–H and O–H groups in total. The average molecular weight is 144 g/mol. The van der Waals surface area contributed by atoms with E-state index in [1.807, 2.05) is 0 Å². The van der Waals surface area contributed by atoms with Crippen molar-refractivity contribution >= 4 is 0 Å². The molecule has 1 saturated heterocycles. The fourth-order valence-corrected chi connectivity index (χ4v) is 1.44. The van der Waals surface area contributed by atoms with Crippen LogP contribution in [0.1, 0.15) is 6.42 Å². The maximum atomic E-state index is 5.49. The fraction of sp³-hybridized carbons (Fsp3) is 1.00. The Balaban J connectivity index is 2.15. The second-order valence-corrected chi connectivity index (χ2v) is 2.90. The van der Waals surface area contributed by atoms with Gasteiger partial charge in [-0.15, -0.1) is 0 Å². The molecule has 1 rings (SSSR count). The van der Waals surface area contributed by atoms with Crippen molar-refractivity contribution in [1.82, 2.24) is 5.32 Å². The van der Waals surface area contributed by atoms with E-state index in [2.05, 4.69) is 5.32 Å². The standard InChI is InChI=1S/C7H16N2O/c1-10-5-6-2-7(3-8)9-4-6/h6-7,9H,2-5,8H2,1H3. The maximum Gasteiger partial charge on any atom is 0.0503 e. The monoisotopic (exact) mass is 144 g/mol. The van der Waals surface area contributed by atoms with E-state index >= 15 is 0 Å². The summed E-state index contributed by atoms with van der Waals surface area (Å²) in [6, 6.07) is 0.528. The van der Waals surface area contributed by atoms with Crippen molar-refractivity contribution in [3.05, 3.63) is 0 Å². The molecule has 0 amide bonds. The zero-order valence-corrected chi connectivity index (χ0v) is 6.47. The molecule has 1 heterocycles. The van der Waals surface area contributed by atoms with Crippen molar-refractivity contribution < 1.29 is 4.74 Å². The molecule has 0 radical (unpaired) electrons. The minimum atomic E-state index is 0.528. The average Bonchev–Trinajstić information content (AvgIpc) is 2.37. The molecule has 0 aromatic heterocycles. The van der Waals surface area contributed by atoms with Crippen molar-refractivity contribution in [2.75, 3.05) is 26.8 Å². The number of methoxy groups -OCH3 is 1. The summed E-state index contributed by atoms with van der Waals surface area (Å²) in [4.78, 5) is 0. The summed E-state index contributed by atoms with van der Waals surface area (Å²) in [5, 5.41) is 3.34.